The molecule has 1 atom stereocenters. The summed E-state index contributed by atoms with van der Waals surface area (Å²) in [5, 5.41) is 12.5. The van der Waals surface area contributed by atoms with Gasteiger partial charge in [0.05, 0.1) is 18.2 Å². The lowest BCUT2D eigenvalue weighted by atomic mass is 9.93. The molecule has 0 saturated carbocycles. The topological polar surface area (TPSA) is 81.1 Å². The zero-order valence-corrected chi connectivity index (χ0v) is 7.69. The van der Waals surface area contributed by atoms with Crippen LogP contribution in [0.5, 0.6) is 0 Å². The molecule has 0 bridgehead atoms. The van der Waals surface area contributed by atoms with Crippen LogP contribution >= 0.6 is 0 Å². The Morgan fingerprint density at radius 3 is 2.85 bits per heavy atom. The molecule has 5 nitrogen and oxygen atoms in total. The van der Waals surface area contributed by atoms with Crippen molar-refractivity contribution in [3.63, 3.8) is 0 Å². The fraction of sp³-hybridized carbons (Fsp3) is 0.500. The number of hydrogen-bond donors (Lipinski definition) is 2. The van der Waals surface area contributed by atoms with Crippen LogP contribution in [0.2, 0.25) is 0 Å². The summed E-state index contributed by atoms with van der Waals surface area (Å²) in [6.45, 7) is 1.68. The minimum absolute atomic E-state index is 0.0985. The first-order valence-electron chi connectivity index (χ1n) is 3.91. The molecule has 0 spiro atoms. The summed E-state index contributed by atoms with van der Waals surface area (Å²) in [4.78, 5) is 10.5. The zero-order valence-electron chi connectivity index (χ0n) is 7.69. The number of aryl methyl sites for hydroxylation is 1. The van der Waals surface area contributed by atoms with Crippen LogP contribution in [0.4, 0.5) is 0 Å². The van der Waals surface area contributed by atoms with Gasteiger partial charge in [0.2, 0.25) is 0 Å². The Kier molecular flexibility index (Phi) is 2.38. The maximum Gasteiger partial charge on any atom is 0.305 e. The summed E-state index contributed by atoms with van der Waals surface area (Å²) in [6, 6.07) is 0. The van der Waals surface area contributed by atoms with Gasteiger partial charge in [0.1, 0.15) is 0 Å². The molecular formula is C8H13N3O2. The number of nitrogens with two attached hydrogens (primary N) is 1. The van der Waals surface area contributed by atoms with Gasteiger partial charge in [-0.25, -0.2) is 0 Å². The summed E-state index contributed by atoms with van der Waals surface area (Å²) >= 11 is 0. The van der Waals surface area contributed by atoms with Crippen LogP contribution in [0.15, 0.2) is 12.4 Å². The van der Waals surface area contributed by atoms with E-state index in [0.717, 1.165) is 5.56 Å². The lowest BCUT2D eigenvalue weighted by Crippen LogP contribution is -2.35. The van der Waals surface area contributed by atoms with Gasteiger partial charge >= 0.3 is 5.97 Å². The molecule has 0 unspecified atom stereocenters. The second-order valence-electron chi connectivity index (χ2n) is 3.39. The molecule has 13 heavy (non-hydrogen) atoms. The van der Waals surface area contributed by atoms with Gasteiger partial charge in [0, 0.05) is 18.8 Å². The number of hydrogen-bond acceptors (Lipinski definition) is 3. The van der Waals surface area contributed by atoms with Gasteiger partial charge in [0.25, 0.3) is 0 Å². The fourth-order valence-corrected chi connectivity index (χ4v) is 1.13. The van der Waals surface area contributed by atoms with E-state index in [0.29, 0.717) is 0 Å². The van der Waals surface area contributed by atoms with Crippen LogP contribution in [0.25, 0.3) is 0 Å². The van der Waals surface area contributed by atoms with Crippen molar-refractivity contribution in [3.8, 4) is 0 Å². The Morgan fingerprint density at radius 1 is 1.85 bits per heavy atom. The highest BCUT2D eigenvalue weighted by atomic mass is 16.4. The summed E-state index contributed by atoms with van der Waals surface area (Å²) in [5.74, 6) is -0.908. The maximum atomic E-state index is 10.5. The normalized spacial score (nSPS) is 15.3. The first-order chi connectivity index (χ1) is 5.92. The van der Waals surface area contributed by atoms with Crippen molar-refractivity contribution in [1.82, 2.24) is 9.78 Å². The Hall–Kier alpha value is -1.36. The highest BCUT2D eigenvalue weighted by Crippen LogP contribution is 2.20. The quantitative estimate of drug-likeness (QED) is 0.694. The number of carboxylic acids is 1. The SMILES string of the molecule is Cn1cc([C@@](C)(N)CC(=O)O)cn1. The monoisotopic (exact) mass is 183 g/mol. The van der Waals surface area contributed by atoms with Crippen molar-refractivity contribution < 1.29 is 9.90 Å². The third-order valence-electron chi connectivity index (χ3n) is 1.88. The molecule has 0 aromatic carbocycles. The van der Waals surface area contributed by atoms with E-state index in [2.05, 4.69) is 5.10 Å². The molecule has 72 valence electrons. The second kappa shape index (κ2) is 3.18. The van der Waals surface area contributed by atoms with Gasteiger partial charge in [-0.2, -0.15) is 5.10 Å². The average molecular weight is 183 g/mol. The molecule has 1 heterocycles. The minimum Gasteiger partial charge on any atom is -0.481 e. The largest absolute Gasteiger partial charge is 0.481 e. The van der Waals surface area contributed by atoms with E-state index in [1.807, 2.05) is 0 Å². The molecule has 0 saturated heterocycles. The molecular weight excluding hydrogens is 170 g/mol. The lowest BCUT2D eigenvalue weighted by molar-refractivity contribution is -0.138. The van der Waals surface area contributed by atoms with E-state index in [9.17, 15) is 4.79 Å². The van der Waals surface area contributed by atoms with Gasteiger partial charge in [-0.15, -0.1) is 0 Å². The van der Waals surface area contributed by atoms with Crippen LogP contribution < -0.4 is 5.73 Å². The van der Waals surface area contributed by atoms with E-state index in [1.165, 1.54) is 0 Å². The molecule has 3 N–H and O–H groups in total. The summed E-state index contributed by atoms with van der Waals surface area (Å²) in [7, 11) is 1.76. The summed E-state index contributed by atoms with van der Waals surface area (Å²) in [5.41, 5.74) is 5.70. The van der Waals surface area contributed by atoms with Crippen LogP contribution in [-0.4, -0.2) is 20.9 Å². The molecule has 1 rings (SSSR count). The molecule has 1 aromatic heterocycles. The fourth-order valence-electron chi connectivity index (χ4n) is 1.13. The van der Waals surface area contributed by atoms with Gasteiger partial charge in [-0.1, -0.05) is 0 Å². The zero-order chi connectivity index (χ0) is 10.1. The van der Waals surface area contributed by atoms with Gasteiger partial charge in [-0.05, 0) is 6.92 Å². The standard InChI is InChI=1S/C8H13N3O2/c1-8(9,3-7(12)13)6-4-10-11(2)5-6/h4-5H,3,9H2,1-2H3,(H,12,13)/t8-/m0/s1. The van der Waals surface area contributed by atoms with Crippen molar-refractivity contribution in [2.24, 2.45) is 12.8 Å². The molecule has 0 aliphatic rings. The highest BCUT2D eigenvalue weighted by molar-refractivity contribution is 5.68. The third-order valence-corrected chi connectivity index (χ3v) is 1.88. The molecule has 0 aliphatic heterocycles. The number of carboxylic acid groups (broad SMARTS) is 1. The predicted molar refractivity (Wildman–Crippen MR) is 47.0 cm³/mol. The number of aliphatic carboxylic acids is 1. The average Bonchev–Trinajstić information content (AvgIpc) is 2.32. The first kappa shape index (κ1) is 9.73. The number of rotatable bonds is 3. The highest BCUT2D eigenvalue weighted by Gasteiger charge is 2.25. The molecule has 1 aromatic rings. The van der Waals surface area contributed by atoms with Gasteiger partial charge in [0.15, 0.2) is 0 Å². The van der Waals surface area contributed by atoms with Crippen LogP contribution in [-0.2, 0) is 17.4 Å². The van der Waals surface area contributed by atoms with Crippen LogP contribution in [0, 0.1) is 0 Å². The van der Waals surface area contributed by atoms with Crippen LogP contribution in [0.1, 0.15) is 18.9 Å². The number of aromatic nitrogens is 2. The first-order valence-corrected chi connectivity index (χ1v) is 3.91. The Morgan fingerprint density at radius 2 is 2.46 bits per heavy atom. The minimum atomic E-state index is -0.908. The molecule has 0 fully saturated rings. The molecule has 0 aliphatic carbocycles. The Balaban J connectivity index is 2.86. The van der Waals surface area contributed by atoms with Gasteiger partial charge < -0.3 is 10.8 Å². The summed E-state index contributed by atoms with van der Waals surface area (Å²) in [6.07, 6.45) is 3.21. The molecule has 5 heteroatoms. The Labute approximate surface area is 76.2 Å². The van der Waals surface area contributed by atoms with Crippen molar-refractivity contribution in [1.29, 1.82) is 0 Å². The number of carbonyl (C=O) groups is 1. The van der Waals surface area contributed by atoms with E-state index < -0.39 is 11.5 Å². The molecule has 0 radical (unpaired) electrons. The van der Waals surface area contributed by atoms with E-state index >= 15 is 0 Å². The second-order valence-corrected chi connectivity index (χ2v) is 3.39. The Bertz CT molecular complexity index is 317. The van der Waals surface area contributed by atoms with Crippen molar-refractivity contribution >= 4 is 5.97 Å². The predicted octanol–water partition coefficient (Wildman–Crippen LogP) is 0.0687. The summed E-state index contributed by atoms with van der Waals surface area (Å²) < 4.78 is 1.60. The smallest absolute Gasteiger partial charge is 0.305 e. The lowest BCUT2D eigenvalue weighted by Gasteiger charge is -2.20. The number of nitrogens with zero attached hydrogens (tertiary/aromatic N) is 2. The van der Waals surface area contributed by atoms with Crippen molar-refractivity contribution in [2.45, 2.75) is 18.9 Å². The maximum absolute atomic E-state index is 10.5. The third kappa shape index (κ3) is 2.29. The van der Waals surface area contributed by atoms with Gasteiger partial charge in [-0.3, -0.25) is 9.48 Å². The van der Waals surface area contributed by atoms with E-state index in [-0.39, 0.29) is 6.42 Å². The van der Waals surface area contributed by atoms with Crippen LogP contribution in [0.3, 0.4) is 0 Å². The molecule has 0 amide bonds. The van der Waals surface area contributed by atoms with Crippen molar-refractivity contribution in [3.05, 3.63) is 18.0 Å². The van der Waals surface area contributed by atoms with E-state index in [1.54, 1.807) is 31.0 Å². The van der Waals surface area contributed by atoms with E-state index in [4.69, 9.17) is 10.8 Å². The van der Waals surface area contributed by atoms with Crippen molar-refractivity contribution in [2.75, 3.05) is 0 Å².